The van der Waals surface area contributed by atoms with Gasteiger partial charge in [-0.05, 0) is 31.2 Å². The van der Waals surface area contributed by atoms with E-state index in [0.717, 1.165) is 15.6 Å². The van der Waals surface area contributed by atoms with Crippen LogP contribution in [0.5, 0.6) is 11.5 Å². The van der Waals surface area contributed by atoms with Crippen LogP contribution in [0.4, 0.5) is 0 Å². The molecule has 9 heteroatoms. The van der Waals surface area contributed by atoms with E-state index in [1.807, 2.05) is 48.7 Å². The van der Waals surface area contributed by atoms with Gasteiger partial charge in [0.05, 0.1) is 22.8 Å². The summed E-state index contributed by atoms with van der Waals surface area (Å²) in [5.74, 6) is 1.05. The van der Waals surface area contributed by atoms with Crippen molar-refractivity contribution in [2.24, 2.45) is 0 Å². The molecule has 0 fully saturated rings. The number of para-hydroxylation sites is 2. The van der Waals surface area contributed by atoms with Gasteiger partial charge in [0.2, 0.25) is 0 Å². The van der Waals surface area contributed by atoms with E-state index in [0.29, 0.717) is 29.4 Å². The average molecular weight is 471 g/mol. The number of ether oxygens (including phenoxy) is 3. The zero-order valence-corrected chi connectivity index (χ0v) is 19.0. The smallest absolute Gasteiger partial charge is 0.339 e. The first-order valence-corrected chi connectivity index (χ1v) is 11.9. The maximum Gasteiger partial charge on any atom is 0.339 e. The van der Waals surface area contributed by atoms with Crippen molar-refractivity contribution < 1.29 is 23.8 Å². The lowest BCUT2D eigenvalue weighted by atomic mass is 10.2. The second-order valence-corrected chi connectivity index (χ2v) is 9.10. The number of aromatic nitrogens is 1. The number of fused-ring (bicyclic) bond motifs is 1. The van der Waals surface area contributed by atoms with Crippen LogP contribution in [0.15, 0.2) is 58.8 Å². The molecule has 1 amide bonds. The standard InChI is InChI=1S/C23H22N2O5S2/c1-15-25-16(13-31-15)14-32-21-9-5-2-6-18(21)23(27)29-12-22(26)24-10-17-11-28-19-7-3-4-8-20(19)30-17/h2-9,13,17H,10-12,14H2,1H3,(H,24,26). The van der Waals surface area contributed by atoms with Crippen molar-refractivity contribution >= 4 is 35.0 Å². The van der Waals surface area contributed by atoms with E-state index in [1.165, 1.54) is 11.8 Å². The summed E-state index contributed by atoms with van der Waals surface area (Å²) in [6.45, 7) is 2.18. The van der Waals surface area contributed by atoms with Gasteiger partial charge >= 0.3 is 5.97 Å². The molecule has 0 saturated carbocycles. The lowest BCUT2D eigenvalue weighted by Crippen LogP contribution is -2.42. The van der Waals surface area contributed by atoms with E-state index < -0.39 is 11.9 Å². The molecule has 0 radical (unpaired) electrons. The minimum atomic E-state index is -0.538. The van der Waals surface area contributed by atoms with Crippen molar-refractivity contribution in [2.45, 2.75) is 23.7 Å². The first-order chi connectivity index (χ1) is 15.6. The number of carbonyl (C=O) groups is 2. The molecule has 2 aromatic carbocycles. The van der Waals surface area contributed by atoms with Gasteiger partial charge in [-0.3, -0.25) is 4.79 Å². The molecule has 3 aromatic rings. The van der Waals surface area contributed by atoms with E-state index in [9.17, 15) is 9.59 Å². The lowest BCUT2D eigenvalue weighted by Gasteiger charge is -2.26. The third-order valence-electron chi connectivity index (χ3n) is 4.58. The van der Waals surface area contributed by atoms with Gasteiger partial charge in [-0.1, -0.05) is 24.3 Å². The van der Waals surface area contributed by atoms with Gasteiger partial charge in [-0.15, -0.1) is 23.1 Å². The normalized spacial score (nSPS) is 14.6. The Kier molecular flexibility index (Phi) is 7.28. The van der Waals surface area contributed by atoms with Crippen LogP contribution in [0.1, 0.15) is 21.1 Å². The molecule has 2 heterocycles. The summed E-state index contributed by atoms with van der Waals surface area (Å²) < 4.78 is 16.7. The number of hydrogen-bond donors (Lipinski definition) is 1. The van der Waals surface area contributed by atoms with Crippen LogP contribution in [0.3, 0.4) is 0 Å². The highest BCUT2D eigenvalue weighted by Crippen LogP contribution is 2.30. The van der Waals surface area contributed by atoms with Crippen molar-refractivity contribution in [2.75, 3.05) is 19.8 Å². The van der Waals surface area contributed by atoms with Gasteiger partial charge < -0.3 is 19.5 Å². The number of nitrogens with zero attached hydrogens (tertiary/aromatic N) is 1. The van der Waals surface area contributed by atoms with Crippen LogP contribution in [0, 0.1) is 6.92 Å². The summed E-state index contributed by atoms with van der Waals surface area (Å²) in [6.07, 6.45) is -0.309. The first-order valence-electron chi connectivity index (χ1n) is 10.0. The molecule has 166 valence electrons. The Labute approximate surface area is 194 Å². The second kappa shape index (κ2) is 10.5. The van der Waals surface area contributed by atoms with Gasteiger partial charge in [0.1, 0.15) is 12.7 Å². The number of aryl methyl sites for hydroxylation is 1. The third kappa shape index (κ3) is 5.80. The molecule has 0 bridgehead atoms. The quantitative estimate of drug-likeness (QED) is 0.395. The molecule has 0 spiro atoms. The van der Waals surface area contributed by atoms with E-state index >= 15 is 0 Å². The SMILES string of the molecule is Cc1nc(CSc2ccccc2C(=O)OCC(=O)NCC2COc3ccccc3O2)cs1. The molecule has 1 aliphatic heterocycles. The molecular formula is C23H22N2O5S2. The third-order valence-corrected chi connectivity index (χ3v) is 6.51. The van der Waals surface area contributed by atoms with Crippen molar-refractivity contribution in [1.29, 1.82) is 0 Å². The van der Waals surface area contributed by atoms with Crippen LogP contribution in [-0.2, 0) is 15.3 Å². The molecule has 4 rings (SSSR count). The summed E-state index contributed by atoms with van der Waals surface area (Å²) >= 11 is 3.11. The molecule has 7 nitrogen and oxygen atoms in total. The zero-order chi connectivity index (χ0) is 22.3. The number of rotatable bonds is 8. The summed E-state index contributed by atoms with van der Waals surface area (Å²) in [4.78, 5) is 30.0. The molecule has 0 aliphatic carbocycles. The van der Waals surface area contributed by atoms with E-state index in [-0.39, 0.29) is 19.3 Å². The largest absolute Gasteiger partial charge is 0.486 e. The fourth-order valence-electron chi connectivity index (χ4n) is 3.04. The molecule has 1 N–H and O–H groups in total. The van der Waals surface area contributed by atoms with Crippen LogP contribution in [-0.4, -0.2) is 42.7 Å². The van der Waals surface area contributed by atoms with Gasteiger partial charge in [0.15, 0.2) is 18.1 Å². The zero-order valence-electron chi connectivity index (χ0n) is 17.4. The van der Waals surface area contributed by atoms with Crippen LogP contribution < -0.4 is 14.8 Å². The van der Waals surface area contributed by atoms with Gasteiger partial charge in [-0.25, -0.2) is 9.78 Å². The monoisotopic (exact) mass is 470 g/mol. The number of nitrogens with one attached hydrogen (secondary N) is 1. The highest BCUT2D eigenvalue weighted by Gasteiger charge is 2.21. The number of benzene rings is 2. The van der Waals surface area contributed by atoms with Crippen LogP contribution in [0.25, 0.3) is 0 Å². The maximum absolute atomic E-state index is 12.6. The minimum absolute atomic E-state index is 0.254. The van der Waals surface area contributed by atoms with E-state index in [4.69, 9.17) is 14.2 Å². The Hall–Kier alpha value is -3.04. The van der Waals surface area contributed by atoms with Crippen molar-refractivity contribution in [3.05, 3.63) is 70.2 Å². The van der Waals surface area contributed by atoms with Gasteiger partial charge in [0, 0.05) is 16.0 Å². The number of thioether (sulfide) groups is 1. The minimum Gasteiger partial charge on any atom is -0.486 e. The van der Waals surface area contributed by atoms with Gasteiger partial charge in [0.25, 0.3) is 5.91 Å². The average Bonchev–Trinajstić information content (AvgIpc) is 3.25. The molecule has 32 heavy (non-hydrogen) atoms. The summed E-state index contributed by atoms with van der Waals surface area (Å²) in [7, 11) is 0. The van der Waals surface area contributed by atoms with Crippen molar-refractivity contribution in [1.82, 2.24) is 10.3 Å². The maximum atomic E-state index is 12.6. The Morgan fingerprint density at radius 2 is 1.97 bits per heavy atom. The number of carbonyl (C=O) groups excluding carboxylic acids is 2. The predicted molar refractivity (Wildman–Crippen MR) is 122 cm³/mol. The molecule has 1 aromatic heterocycles. The molecule has 1 aliphatic rings. The summed E-state index contributed by atoms with van der Waals surface area (Å²) in [5.41, 5.74) is 1.40. The number of thiazole rings is 1. The highest BCUT2D eigenvalue weighted by molar-refractivity contribution is 7.98. The van der Waals surface area contributed by atoms with E-state index in [2.05, 4.69) is 10.3 Å². The summed E-state index contributed by atoms with van der Waals surface area (Å²) in [6, 6.07) is 14.6. The fraction of sp³-hybridized carbons (Fsp3) is 0.261. The van der Waals surface area contributed by atoms with Crippen LogP contribution >= 0.6 is 23.1 Å². The van der Waals surface area contributed by atoms with Crippen LogP contribution in [0.2, 0.25) is 0 Å². The number of hydrogen-bond acceptors (Lipinski definition) is 8. The Bertz CT molecular complexity index is 1100. The second-order valence-electron chi connectivity index (χ2n) is 7.02. The van der Waals surface area contributed by atoms with E-state index in [1.54, 1.807) is 23.5 Å². The van der Waals surface area contributed by atoms with Crippen molar-refractivity contribution in [3.8, 4) is 11.5 Å². The first kappa shape index (κ1) is 22.2. The predicted octanol–water partition coefficient (Wildman–Crippen LogP) is 3.86. The van der Waals surface area contributed by atoms with Crippen molar-refractivity contribution in [3.63, 3.8) is 0 Å². The van der Waals surface area contributed by atoms with Gasteiger partial charge in [-0.2, -0.15) is 0 Å². The fourth-order valence-corrected chi connectivity index (χ4v) is 4.69. The Morgan fingerprint density at radius 3 is 2.78 bits per heavy atom. The topological polar surface area (TPSA) is 86.8 Å². The molecular weight excluding hydrogens is 448 g/mol. The number of esters is 1. The molecule has 1 atom stereocenters. The Balaban J connectivity index is 1.24. The summed E-state index contributed by atoms with van der Waals surface area (Å²) in [5, 5.41) is 5.74. The highest BCUT2D eigenvalue weighted by atomic mass is 32.2. The lowest BCUT2D eigenvalue weighted by molar-refractivity contribution is -0.124. The molecule has 1 unspecified atom stereocenters. The number of amides is 1. The Morgan fingerprint density at radius 1 is 1.19 bits per heavy atom. The molecule has 0 saturated heterocycles.